The summed E-state index contributed by atoms with van der Waals surface area (Å²) in [5.41, 5.74) is 2.21. The van der Waals surface area contributed by atoms with Crippen LogP contribution in [0.4, 0.5) is 5.69 Å². The third-order valence-electron chi connectivity index (χ3n) is 1.28. The number of hydrogen-bond acceptors (Lipinski definition) is 4. The van der Waals surface area contributed by atoms with Gasteiger partial charge < -0.3 is 5.32 Å². The van der Waals surface area contributed by atoms with E-state index in [1.165, 1.54) is 12.4 Å². The van der Waals surface area contributed by atoms with Crippen molar-refractivity contribution in [1.29, 1.82) is 0 Å². The van der Waals surface area contributed by atoms with Crippen molar-refractivity contribution in [2.24, 2.45) is 5.84 Å². The van der Waals surface area contributed by atoms with E-state index in [0.717, 1.165) is 0 Å². The lowest BCUT2D eigenvalue weighted by molar-refractivity contribution is -0.136. The van der Waals surface area contributed by atoms with Gasteiger partial charge in [0.05, 0.1) is 0 Å². The zero-order valence-electron chi connectivity index (χ0n) is 6.65. The summed E-state index contributed by atoms with van der Waals surface area (Å²) in [6.07, 6.45) is 2.99. The molecular weight excluding hydrogens is 172 g/mol. The minimum atomic E-state index is -0.892. The number of nitrogens with two attached hydrogens (primary N) is 1. The Morgan fingerprint density at radius 2 is 1.85 bits per heavy atom. The zero-order chi connectivity index (χ0) is 9.68. The first-order valence-electron chi connectivity index (χ1n) is 3.46. The van der Waals surface area contributed by atoms with Crippen LogP contribution in [0.5, 0.6) is 0 Å². The number of carbonyl (C=O) groups is 2. The number of hydrazine groups is 1. The summed E-state index contributed by atoms with van der Waals surface area (Å²) in [6, 6.07) is 3.11. The summed E-state index contributed by atoms with van der Waals surface area (Å²) < 4.78 is 0. The van der Waals surface area contributed by atoms with E-state index in [0.29, 0.717) is 5.69 Å². The number of hydrogen-bond donors (Lipinski definition) is 3. The molecular formula is C7H8N4O2. The molecule has 0 aliphatic carbocycles. The molecule has 1 aromatic heterocycles. The Hall–Kier alpha value is -1.95. The molecule has 0 aliphatic heterocycles. The van der Waals surface area contributed by atoms with Gasteiger partial charge in [-0.1, -0.05) is 0 Å². The number of anilines is 1. The topological polar surface area (TPSA) is 97.1 Å². The van der Waals surface area contributed by atoms with Gasteiger partial charge >= 0.3 is 11.8 Å². The highest BCUT2D eigenvalue weighted by molar-refractivity contribution is 6.39. The number of nitrogens with one attached hydrogen (secondary N) is 2. The second-order valence-corrected chi connectivity index (χ2v) is 2.16. The highest BCUT2D eigenvalue weighted by Gasteiger charge is 2.10. The lowest BCUT2D eigenvalue weighted by Gasteiger charge is -2.01. The van der Waals surface area contributed by atoms with E-state index in [9.17, 15) is 9.59 Å². The van der Waals surface area contributed by atoms with Crippen LogP contribution in [-0.2, 0) is 9.59 Å². The van der Waals surface area contributed by atoms with E-state index in [-0.39, 0.29) is 0 Å². The van der Waals surface area contributed by atoms with E-state index < -0.39 is 11.8 Å². The molecule has 0 atom stereocenters. The molecule has 0 saturated heterocycles. The number of amides is 2. The molecule has 0 radical (unpaired) electrons. The van der Waals surface area contributed by atoms with Crippen molar-refractivity contribution in [3.63, 3.8) is 0 Å². The van der Waals surface area contributed by atoms with Gasteiger partial charge in [0.15, 0.2) is 0 Å². The Morgan fingerprint density at radius 1 is 1.23 bits per heavy atom. The fraction of sp³-hybridized carbons (Fsp3) is 0. The number of aromatic nitrogens is 1. The van der Waals surface area contributed by atoms with Gasteiger partial charge in [0.25, 0.3) is 0 Å². The monoisotopic (exact) mass is 180 g/mol. The quantitative estimate of drug-likeness (QED) is 0.224. The largest absolute Gasteiger partial charge is 0.323 e. The second kappa shape index (κ2) is 4.17. The maximum Gasteiger partial charge on any atom is 0.323 e. The van der Waals surface area contributed by atoms with Crippen molar-refractivity contribution in [2.45, 2.75) is 0 Å². The average molecular weight is 180 g/mol. The fourth-order valence-electron chi connectivity index (χ4n) is 0.689. The van der Waals surface area contributed by atoms with Gasteiger partial charge in [-0.25, -0.2) is 5.84 Å². The summed E-state index contributed by atoms with van der Waals surface area (Å²) in [6.45, 7) is 0. The maximum absolute atomic E-state index is 10.9. The molecule has 6 nitrogen and oxygen atoms in total. The predicted octanol–water partition coefficient (Wildman–Crippen LogP) is -0.990. The van der Waals surface area contributed by atoms with Gasteiger partial charge in [-0.05, 0) is 12.1 Å². The van der Waals surface area contributed by atoms with Crippen LogP contribution in [0.3, 0.4) is 0 Å². The van der Waals surface area contributed by atoms with Crippen LogP contribution in [0.2, 0.25) is 0 Å². The van der Waals surface area contributed by atoms with E-state index in [1.807, 2.05) is 0 Å². The van der Waals surface area contributed by atoms with E-state index >= 15 is 0 Å². The molecule has 1 rings (SSSR count). The summed E-state index contributed by atoms with van der Waals surface area (Å²) in [7, 11) is 0. The highest BCUT2D eigenvalue weighted by atomic mass is 16.2. The SMILES string of the molecule is NNC(=O)C(=O)Nc1ccncc1. The lowest BCUT2D eigenvalue weighted by Crippen LogP contribution is -2.39. The molecule has 0 fully saturated rings. The smallest absolute Gasteiger partial charge is 0.318 e. The van der Waals surface area contributed by atoms with Crippen molar-refractivity contribution in [3.8, 4) is 0 Å². The number of nitrogens with zero attached hydrogens (tertiary/aromatic N) is 1. The molecule has 1 heterocycles. The summed E-state index contributed by atoms with van der Waals surface area (Å²) in [4.78, 5) is 25.3. The van der Waals surface area contributed by atoms with Gasteiger partial charge in [0.2, 0.25) is 0 Å². The lowest BCUT2D eigenvalue weighted by atomic mass is 10.4. The fourth-order valence-corrected chi connectivity index (χ4v) is 0.689. The van der Waals surface area contributed by atoms with Crippen LogP contribution >= 0.6 is 0 Å². The van der Waals surface area contributed by atoms with Crippen LogP contribution in [-0.4, -0.2) is 16.8 Å². The van der Waals surface area contributed by atoms with Crippen molar-refractivity contribution < 1.29 is 9.59 Å². The number of carbonyl (C=O) groups excluding carboxylic acids is 2. The molecule has 1 aromatic rings. The highest BCUT2D eigenvalue weighted by Crippen LogP contribution is 2.01. The van der Waals surface area contributed by atoms with Gasteiger partial charge in [-0.2, -0.15) is 0 Å². The standard InChI is InChI=1S/C7H8N4O2/c8-11-7(13)6(12)10-5-1-3-9-4-2-5/h1-4H,8H2,(H,11,13)(H,9,10,12). The molecule has 0 spiro atoms. The molecule has 0 aliphatic rings. The minimum Gasteiger partial charge on any atom is -0.318 e. The summed E-state index contributed by atoms with van der Waals surface area (Å²) in [5, 5.41) is 2.32. The van der Waals surface area contributed by atoms with Crippen LogP contribution in [0.25, 0.3) is 0 Å². The maximum atomic E-state index is 10.9. The van der Waals surface area contributed by atoms with Gasteiger partial charge in [-0.15, -0.1) is 0 Å². The van der Waals surface area contributed by atoms with Gasteiger partial charge in [-0.3, -0.25) is 20.0 Å². The summed E-state index contributed by atoms with van der Waals surface area (Å²) in [5.74, 6) is 3.05. The third kappa shape index (κ3) is 2.53. The molecule has 6 heteroatoms. The third-order valence-corrected chi connectivity index (χ3v) is 1.28. The number of pyridine rings is 1. The van der Waals surface area contributed by atoms with Crippen molar-refractivity contribution in [2.75, 3.05) is 5.32 Å². The van der Waals surface area contributed by atoms with E-state index in [4.69, 9.17) is 5.84 Å². The molecule has 13 heavy (non-hydrogen) atoms. The predicted molar refractivity (Wildman–Crippen MR) is 45.2 cm³/mol. The normalized spacial score (nSPS) is 9.00. The van der Waals surface area contributed by atoms with Crippen molar-refractivity contribution in [1.82, 2.24) is 10.4 Å². The van der Waals surface area contributed by atoms with E-state index in [2.05, 4.69) is 10.3 Å². The Morgan fingerprint density at radius 3 is 2.38 bits per heavy atom. The molecule has 0 saturated carbocycles. The molecule has 2 amide bonds. The van der Waals surface area contributed by atoms with Crippen molar-refractivity contribution >= 4 is 17.5 Å². The Labute approximate surface area is 74.1 Å². The molecule has 0 unspecified atom stereocenters. The second-order valence-electron chi connectivity index (χ2n) is 2.16. The van der Waals surface area contributed by atoms with E-state index in [1.54, 1.807) is 17.6 Å². The summed E-state index contributed by atoms with van der Waals surface area (Å²) >= 11 is 0. The van der Waals surface area contributed by atoms with Gasteiger partial charge in [0.1, 0.15) is 0 Å². The van der Waals surface area contributed by atoms with Crippen LogP contribution in [0.1, 0.15) is 0 Å². The zero-order valence-corrected chi connectivity index (χ0v) is 6.65. The Bertz CT molecular complexity index is 312. The Balaban J connectivity index is 2.60. The van der Waals surface area contributed by atoms with Gasteiger partial charge in [0, 0.05) is 18.1 Å². The van der Waals surface area contributed by atoms with Crippen LogP contribution in [0, 0.1) is 0 Å². The molecule has 4 N–H and O–H groups in total. The number of rotatable bonds is 1. The average Bonchev–Trinajstić information content (AvgIpc) is 2.18. The van der Waals surface area contributed by atoms with Crippen LogP contribution in [0.15, 0.2) is 24.5 Å². The first-order valence-corrected chi connectivity index (χ1v) is 3.46. The minimum absolute atomic E-state index is 0.489. The molecule has 68 valence electrons. The first kappa shape index (κ1) is 9.14. The Kier molecular flexibility index (Phi) is 2.93. The van der Waals surface area contributed by atoms with Crippen molar-refractivity contribution in [3.05, 3.63) is 24.5 Å². The molecule has 0 bridgehead atoms. The molecule has 0 aromatic carbocycles. The first-order chi connectivity index (χ1) is 6.24. The van der Waals surface area contributed by atoms with Crippen LogP contribution < -0.4 is 16.6 Å².